The van der Waals surface area contributed by atoms with E-state index in [2.05, 4.69) is 19.2 Å². The second-order valence-corrected chi connectivity index (χ2v) is 5.31. The van der Waals surface area contributed by atoms with E-state index in [-0.39, 0.29) is 17.7 Å². The first kappa shape index (κ1) is 13.9. The van der Waals surface area contributed by atoms with Crippen LogP contribution in [0.4, 0.5) is 0 Å². The zero-order chi connectivity index (χ0) is 12.2. The van der Waals surface area contributed by atoms with Gasteiger partial charge in [-0.1, -0.05) is 0 Å². The van der Waals surface area contributed by atoms with Crippen LogP contribution in [-0.4, -0.2) is 42.5 Å². The van der Waals surface area contributed by atoms with Crippen molar-refractivity contribution < 1.29 is 9.84 Å². The standard InChI is InChI=1S/C12H26N2O2/c1-9(6-10(2)15)14-12(3,8-13)11-4-5-16-7-11/h9-11,14-15H,4-8,13H2,1-3H3. The van der Waals surface area contributed by atoms with Crippen LogP contribution in [-0.2, 0) is 4.74 Å². The summed E-state index contributed by atoms with van der Waals surface area (Å²) in [5.41, 5.74) is 5.81. The number of ether oxygens (including phenoxy) is 1. The second-order valence-electron chi connectivity index (χ2n) is 5.31. The molecule has 0 bridgehead atoms. The van der Waals surface area contributed by atoms with Gasteiger partial charge in [-0.3, -0.25) is 0 Å². The molecule has 16 heavy (non-hydrogen) atoms. The predicted molar refractivity (Wildman–Crippen MR) is 65.3 cm³/mol. The summed E-state index contributed by atoms with van der Waals surface area (Å²) >= 11 is 0. The van der Waals surface area contributed by atoms with E-state index >= 15 is 0 Å². The Labute approximate surface area is 98.5 Å². The molecule has 0 amide bonds. The van der Waals surface area contributed by atoms with Gasteiger partial charge in [0.05, 0.1) is 12.7 Å². The van der Waals surface area contributed by atoms with Gasteiger partial charge in [0.25, 0.3) is 0 Å². The van der Waals surface area contributed by atoms with Crippen LogP contribution in [0.15, 0.2) is 0 Å². The summed E-state index contributed by atoms with van der Waals surface area (Å²) in [6.45, 7) is 8.30. The Hall–Kier alpha value is -0.160. The van der Waals surface area contributed by atoms with Crippen molar-refractivity contribution in [3.63, 3.8) is 0 Å². The normalized spacial score (nSPS) is 28.7. The van der Waals surface area contributed by atoms with Gasteiger partial charge in [-0.05, 0) is 33.6 Å². The number of aliphatic hydroxyl groups is 1. The lowest BCUT2D eigenvalue weighted by molar-refractivity contribution is 0.131. The van der Waals surface area contributed by atoms with E-state index in [4.69, 9.17) is 10.5 Å². The summed E-state index contributed by atoms with van der Waals surface area (Å²) < 4.78 is 5.42. The monoisotopic (exact) mass is 230 g/mol. The number of hydrogen-bond donors (Lipinski definition) is 3. The summed E-state index contributed by atoms with van der Waals surface area (Å²) in [6, 6.07) is 0.272. The van der Waals surface area contributed by atoms with E-state index in [1.54, 1.807) is 0 Å². The molecular formula is C12H26N2O2. The maximum absolute atomic E-state index is 9.36. The highest BCUT2D eigenvalue weighted by Crippen LogP contribution is 2.26. The molecule has 0 aromatic carbocycles. The molecule has 4 heteroatoms. The number of hydrogen-bond acceptors (Lipinski definition) is 4. The van der Waals surface area contributed by atoms with Gasteiger partial charge in [0.2, 0.25) is 0 Å². The summed E-state index contributed by atoms with van der Waals surface area (Å²) in [6.07, 6.45) is 1.55. The van der Waals surface area contributed by atoms with E-state index < -0.39 is 0 Å². The third kappa shape index (κ3) is 3.70. The lowest BCUT2D eigenvalue weighted by Gasteiger charge is -2.38. The lowest BCUT2D eigenvalue weighted by Crippen LogP contribution is -2.57. The minimum Gasteiger partial charge on any atom is -0.393 e. The Balaban J connectivity index is 2.51. The molecule has 1 aliphatic heterocycles. The molecule has 0 radical (unpaired) electrons. The molecule has 0 spiro atoms. The molecule has 0 aromatic rings. The number of rotatable bonds is 6. The Kier molecular flexibility index (Phi) is 5.18. The first-order chi connectivity index (χ1) is 7.48. The highest BCUT2D eigenvalue weighted by atomic mass is 16.5. The first-order valence-electron chi connectivity index (χ1n) is 6.21. The molecule has 1 saturated heterocycles. The van der Waals surface area contributed by atoms with Gasteiger partial charge in [0, 0.05) is 30.7 Å². The maximum Gasteiger partial charge on any atom is 0.0526 e. The summed E-state index contributed by atoms with van der Waals surface area (Å²) in [4.78, 5) is 0. The molecule has 0 saturated carbocycles. The van der Waals surface area contributed by atoms with Crippen LogP contribution in [0.5, 0.6) is 0 Å². The maximum atomic E-state index is 9.36. The van der Waals surface area contributed by atoms with Gasteiger partial charge in [-0.25, -0.2) is 0 Å². The molecule has 1 aliphatic rings. The van der Waals surface area contributed by atoms with Crippen LogP contribution in [0.3, 0.4) is 0 Å². The Morgan fingerprint density at radius 3 is 2.69 bits per heavy atom. The van der Waals surface area contributed by atoms with Crippen molar-refractivity contribution in [2.75, 3.05) is 19.8 Å². The third-order valence-corrected chi connectivity index (χ3v) is 3.53. The van der Waals surface area contributed by atoms with Crippen molar-refractivity contribution in [1.29, 1.82) is 0 Å². The average molecular weight is 230 g/mol. The lowest BCUT2D eigenvalue weighted by atomic mass is 9.84. The highest BCUT2D eigenvalue weighted by molar-refractivity contribution is 4.94. The molecule has 96 valence electrons. The van der Waals surface area contributed by atoms with E-state index in [0.29, 0.717) is 12.5 Å². The van der Waals surface area contributed by atoms with Gasteiger partial charge in [0.15, 0.2) is 0 Å². The largest absolute Gasteiger partial charge is 0.393 e. The van der Waals surface area contributed by atoms with Crippen LogP contribution in [0.25, 0.3) is 0 Å². The van der Waals surface area contributed by atoms with Crippen LogP contribution in [0.2, 0.25) is 0 Å². The van der Waals surface area contributed by atoms with E-state index in [9.17, 15) is 5.11 Å². The fourth-order valence-corrected chi connectivity index (χ4v) is 2.51. The van der Waals surface area contributed by atoms with Gasteiger partial charge in [-0.2, -0.15) is 0 Å². The van der Waals surface area contributed by atoms with Crippen molar-refractivity contribution >= 4 is 0 Å². The van der Waals surface area contributed by atoms with Gasteiger partial charge in [0.1, 0.15) is 0 Å². The second kappa shape index (κ2) is 5.96. The number of nitrogens with one attached hydrogen (secondary N) is 1. The smallest absolute Gasteiger partial charge is 0.0526 e. The predicted octanol–water partition coefficient (Wildman–Crippen LogP) is 0.489. The summed E-state index contributed by atoms with van der Waals surface area (Å²) in [7, 11) is 0. The van der Waals surface area contributed by atoms with Gasteiger partial charge < -0.3 is 20.9 Å². The Morgan fingerprint density at radius 1 is 1.56 bits per heavy atom. The van der Waals surface area contributed by atoms with Crippen LogP contribution < -0.4 is 11.1 Å². The van der Waals surface area contributed by atoms with Crippen molar-refractivity contribution in [3.8, 4) is 0 Å². The highest BCUT2D eigenvalue weighted by Gasteiger charge is 2.36. The Morgan fingerprint density at radius 2 is 2.25 bits per heavy atom. The van der Waals surface area contributed by atoms with E-state index in [1.165, 1.54) is 0 Å². The van der Waals surface area contributed by atoms with Crippen LogP contribution in [0, 0.1) is 5.92 Å². The minimum absolute atomic E-state index is 0.0786. The molecule has 4 unspecified atom stereocenters. The topological polar surface area (TPSA) is 67.5 Å². The van der Waals surface area contributed by atoms with Gasteiger partial charge >= 0.3 is 0 Å². The summed E-state index contributed by atoms with van der Waals surface area (Å²) in [5, 5.41) is 12.9. The quantitative estimate of drug-likeness (QED) is 0.621. The summed E-state index contributed by atoms with van der Waals surface area (Å²) in [5.74, 6) is 0.481. The Bertz CT molecular complexity index is 205. The van der Waals surface area contributed by atoms with Gasteiger partial charge in [-0.15, -0.1) is 0 Å². The number of nitrogens with two attached hydrogens (primary N) is 1. The third-order valence-electron chi connectivity index (χ3n) is 3.53. The first-order valence-corrected chi connectivity index (χ1v) is 6.21. The minimum atomic E-state index is -0.274. The number of aliphatic hydroxyl groups excluding tert-OH is 1. The van der Waals surface area contributed by atoms with Crippen molar-refractivity contribution in [2.45, 2.75) is 51.3 Å². The van der Waals surface area contributed by atoms with Crippen LogP contribution in [0.1, 0.15) is 33.6 Å². The van der Waals surface area contributed by atoms with Crippen LogP contribution >= 0.6 is 0 Å². The van der Waals surface area contributed by atoms with Crippen molar-refractivity contribution in [1.82, 2.24) is 5.32 Å². The molecule has 0 aromatic heterocycles. The SMILES string of the molecule is CC(O)CC(C)NC(C)(CN)C1CCOC1. The molecule has 4 N–H and O–H groups in total. The van der Waals surface area contributed by atoms with E-state index in [1.807, 2.05) is 6.92 Å². The fraction of sp³-hybridized carbons (Fsp3) is 1.00. The molecule has 4 nitrogen and oxygen atoms in total. The molecule has 1 rings (SSSR count). The van der Waals surface area contributed by atoms with Crippen molar-refractivity contribution in [2.24, 2.45) is 11.7 Å². The molecule has 1 heterocycles. The zero-order valence-corrected chi connectivity index (χ0v) is 10.7. The zero-order valence-electron chi connectivity index (χ0n) is 10.7. The van der Waals surface area contributed by atoms with Crippen molar-refractivity contribution in [3.05, 3.63) is 0 Å². The molecule has 4 atom stereocenters. The van der Waals surface area contributed by atoms with E-state index in [0.717, 1.165) is 26.1 Å². The fourth-order valence-electron chi connectivity index (χ4n) is 2.51. The average Bonchev–Trinajstić information content (AvgIpc) is 2.69. The molecular weight excluding hydrogens is 204 g/mol. The molecule has 0 aliphatic carbocycles. The molecule has 1 fully saturated rings.